The van der Waals surface area contributed by atoms with Gasteiger partial charge in [-0.1, -0.05) is 29.4 Å². The van der Waals surface area contributed by atoms with E-state index in [1.807, 2.05) is 30.3 Å². The number of rotatable bonds is 1. The van der Waals surface area contributed by atoms with Gasteiger partial charge < -0.3 is 4.52 Å². The summed E-state index contributed by atoms with van der Waals surface area (Å²) >= 11 is 0. The fraction of sp³-hybridized carbons (Fsp3) is 0. The zero-order chi connectivity index (χ0) is 11.7. The number of nitrogens with zero attached hydrogens (tertiary/aromatic N) is 2. The van der Waals surface area contributed by atoms with Crippen LogP contribution in [0.1, 0.15) is 0 Å². The quantitative estimate of drug-likeness (QED) is 0.636. The van der Waals surface area contributed by atoms with Gasteiger partial charge in [0.25, 0.3) is 0 Å². The molecule has 0 spiro atoms. The van der Waals surface area contributed by atoms with E-state index in [4.69, 9.17) is 4.52 Å². The minimum Gasteiger partial charge on any atom is -0.312 e. The summed E-state index contributed by atoms with van der Waals surface area (Å²) in [6.07, 6.45) is 1.68. The SMILES string of the molecule is O=c1onc(-c2ccccn2)c2ccccc12. The fourth-order valence-electron chi connectivity index (χ4n) is 1.74. The van der Waals surface area contributed by atoms with Crippen molar-refractivity contribution in [2.45, 2.75) is 0 Å². The topological polar surface area (TPSA) is 56.0 Å². The van der Waals surface area contributed by atoms with E-state index in [0.717, 1.165) is 5.39 Å². The Morgan fingerprint density at radius 2 is 1.71 bits per heavy atom. The molecule has 0 aliphatic carbocycles. The van der Waals surface area contributed by atoms with Crippen molar-refractivity contribution in [2.24, 2.45) is 0 Å². The first-order valence-electron chi connectivity index (χ1n) is 5.16. The molecule has 0 saturated heterocycles. The molecular formula is C13H8N2O2. The molecule has 0 amide bonds. The zero-order valence-corrected chi connectivity index (χ0v) is 8.83. The van der Waals surface area contributed by atoms with E-state index >= 15 is 0 Å². The van der Waals surface area contributed by atoms with Gasteiger partial charge in [-0.2, -0.15) is 0 Å². The number of hydrogen-bond donors (Lipinski definition) is 0. The third-order valence-electron chi connectivity index (χ3n) is 2.53. The first kappa shape index (κ1) is 9.72. The van der Waals surface area contributed by atoms with Crippen molar-refractivity contribution in [3.8, 4) is 11.4 Å². The number of fused-ring (bicyclic) bond motifs is 1. The molecule has 0 aliphatic rings. The fourth-order valence-corrected chi connectivity index (χ4v) is 1.74. The lowest BCUT2D eigenvalue weighted by Gasteiger charge is -2.01. The highest BCUT2D eigenvalue weighted by atomic mass is 16.5. The van der Waals surface area contributed by atoms with E-state index in [0.29, 0.717) is 16.8 Å². The molecule has 0 bridgehead atoms. The highest BCUT2D eigenvalue weighted by molar-refractivity contribution is 5.92. The molecule has 1 aromatic carbocycles. The average Bonchev–Trinajstić information content (AvgIpc) is 2.41. The third-order valence-corrected chi connectivity index (χ3v) is 2.53. The predicted molar refractivity (Wildman–Crippen MR) is 63.5 cm³/mol. The van der Waals surface area contributed by atoms with Crippen LogP contribution in [0.2, 0.25) is 0 Å². The second kappa shape index (κ2) is 3.83. The van der Waals surface area contributed by atoms with Crippen LogP contribution >= 0.6 is 0 Å². The maximum atomic E-state index is 11.5. The van der Waals surface area contributed by atoms with Crippen LogP contribution in [-0.4, -0.2) is 10.1 Å². The maximum absolute atomic E-state index is 11.5. The van der Waals surface area contributed by atoms with E-state index in [2.05, 4.69) is 10.1 Å². The number of benzene rings is 1. The first-order valence-corrected chi connectivity index (χ1v) is 5.16. The van der Waals surface area contributed by atoms with Gasteiger partial charge in [0.2, 0.25) is 0 Å². The maximum Gasteiger partial charge on any atom is 0.366 e. The van der Waals surface area contributed by atoms with Crippen LogP contribution in [0.4, 0.5) is 0 Å². The van der Waals surface area contributed by atoms with Crippen molar-refractivity contribution in [3.05, 3.63) is 59.1 Å². The molecule has 0 saturated carbocycles. The summed E-state index contributed by atoms with van der Waals surface area (Å²) < 4.78 is 4.78. The lowest BCUT2D eigenvalue weighted by Crippen LogP contribution is -2.02. The molecule has 4 heteroatoms. The average molecular weight is 224 g/mol. The van der Waals surface area contributed by atoms with Crippen molar-refractivity contribution >= 4 is 10.8 Å². The highest BCUT2D eigenvalue weighted by Gasteiger charge is 2.09. The Morgan fingerprint density at radius 3 is 2.47 bits per heavy atom. The molecule has 4 nitrogen and oxygen atoms in total. The molecule has 0 atom stereocenters. The van der Waals surface area contributed by atoms with Gasteiger partial charge in [-0.15, -0.1) is 0 Å². The molecule has 2 aromatic heterocycles. The van der Waals surface area contributed by atoms with Gasteiger partial charge >= 0.3 is 5.63 Å². The second-order valence-electron chi connectivity index (χ2n) is 3.58. The summed E-state index contributed by atoms with van der Waals surface area (Å²) in [6.45, 7) is 0. The van der Waals surface area contributed by atoms with Crippen molar-refractivity contribution in [1.29, 1.82) is 0 Å². The molecule has 17 heavy (non-hydrogen) atoms. The molecule has 0 radical (unpaired) electrons. The Balaban J connectivity index is 2.39. The molecule has 0 aliphatic heterocycles. The molecule has 2 heterocycles. The van der Waals surface area contributed by atoms with Crippen molar-refractivity contribution in [2.75, 3.05) is 0 Å². The van der Waals surface area contributed by atoms with Crippen LogP contribution in [0, 0.1) is 0 Å². The van der Waals surface area contributed by atoms with Gasteiger partial charge in [0.15, 0.2) is 0 Å². The summed E-state index contributed by atoms with van der Waals surface area (Å²) in [5.74, 6) is 0. The molecule has 3 aromatic rings. The minimum absolute atomic E-state index is 0.430. The van der Waals surface area contributed by atoms with Gasteiger partial charge in [0.1, 0.15) is 5.69 Å². The van der Waals surface area contributed by atoms with Crippen molar-refractivity contribution in [3.63, 3.8) is 0 Å². The Bertz CT molecular complexity index is 720. The second-order valence-corrected chi connectivity index (χ2v) is 3.58. The monoisotopic (exact) mass is 224 g/mol. The highest BCUT2D eigenvalue weighted by Crippen LogP contribution is 2.22. The van der Waals surface area contributed by atoms with E-state index in [9.17, 15) is 4.79 Å². The van der Waals surface area contributed by atoms with Gasteiger partial charge in [-0.3, -0.25) is 4.98 Å². The first-order chi connectivity index (χ1) is 8.36. The van der Waals surface area contributed by atoms with Crippen LogP contribution in [0.15, 0.2) is 58.0 Å². The molecule has 0 fully saturated rings. The summed E-state index contributed by atoms with van der Waals surface area (Å²) in [5, 5.41) is 5.10. The van der Waals surface area contributed by atoms with Crippen molar-refractivity contribution in [1.82, 2.24) is 10.1 Å². The Kier molecular flexibility index (Phi) is 2.19. The number of aromatic nitrogens is 2. The van der Waals surface area contributed by atoms with E-state index in [1.165, 1.54) is 0 Å². The smallest absolute Gasteiger partial charge is 0.312 e. The Labute approximate surface area is 96.5 Å². The zero-order valence-electron chi connectivity index (χ0n) is 8.83. The summed E-state index contributed by atoms with van der Waals surface area (Å²) in [4.78, 5) is 15.7. The lowest BCUT2D eigenvalue weighted by molar-refractivity contribution is 0.380. The summed E-state index contributed by atoms with van der Waals surface area (Å²) in [5.41, 5.74) is 0.841. The van der Waals surface area contributed by atoms with Gasteiger partial charge in [-0.05, 0) is 18.2 Å². The van der Waals surface area contributed by atoms with Crippen LogP contribution in [0.25, 0.3) is 22.2 Å². The van der Waals surface area contributed by atoms with Crippen LogP contribution in [0.5, 0.6) is 0 Å². The van der Waals surface area contributed by atoms with Crippen LogP contribution in [0.3, 0.4) is 0 Å². The van der Waals surface area contributed by atoms with Crippen LogP contribution < -0.4 is 5.63 Å². The van der Waals surface area contributed by atoms with Gasteiger partial charge in [-0.25, -0.2) is 4.79 Å². The largest absolute Gasteiger partial charge is 0.366 e. The van der Waals surface area contributed by atoms with E-state index < -0.39 is 5.63 Å². The standard InChI is InChI=1S/C13H8N2O2/c16-13-10-6-2-1-5-9(10)12(15-17-13)11-7-3-4-8-14-11/h1-8H. The summed E-state index contributed by atoms with van der Waals surface area (Å²) in [6, 6.07) is 12.7. The Hall–Kier alpha value is -2.49. The normalized spacial score (nSPS) is 10.6. The third kappa shape index (κ3) is 1.59. The predicted octanol–water partition coefficient (Wildman–Crippen LogP) is 2.25. The van der Waals surface area contributed by atoms with E-state index in [1.54, 1.807) is 18.3 Å². The minimum atomic E-state index is -0.430. The number of pyridine rings is 1. The van der Waals surface area contributed by atoms with E-state index in [-0.39, 0.29) is 0 Å². The number of hydrogen-bond acceptors (Lipinski definition) is 4. The Morgan fingerprint density at radius 1 is 0.941 bits per heavy atom. The van der Waals surface area contributed by atoms with Gasteiger partial charge in [0.05, 0.1) is 11.1 Å². The molecule has 3 rings (SSSR count). The molecular weight excluding hydrogens is 216 g/mol. The molecule has 0 unspecified atom stereocenters. The lowest BCUT2D eigenvalue weighted by atomic mass is 10.1. The molecule has 82 valence electrons. The van der Waals surface area contributed by atoms with Crippen LogP contribution in [-0.2, 0) is 0 Å². The molecule has 0 N–H and O–H groups in total. The van der Waals surface area contributed by atoms with Crippen molar-refractivity contribution < 1.29 is 4.52 Å². The van der Waals surface area contributed by atoms with Gasteiger partial charge in [0, 0.05) is 11.6 Å². The summed E-state index contributed by atoms with van der Waals surface area (Å²) in [7, 11) is 0.